The third kappa shape index (κ3) is 3.08. The summed E-state index contributed by atoms with van der Waals surface area (Å²) >= 11 is 0. The normalized spacial score (nSPS) is 12.3. The van der Waals surface area contributed by atoms with Crippen molar-refractivity contribution < 1.29 is 9.13 Å². The number of methoxy groups -OCH3 is 1. The molecule has 0 aliphatic carbocycles. The van der Waals surface area contributed by atoms with Gasteiger partial charge in [0.25, 0.3) is 0 Å². The lowest BCUT2D eigenvalue weighted by molar-refractivity contribution is 0.408. The first kappa shape index (κ1) is 15.5. The van der Waals surface area contributed by atoms with Gasteiger partial charge < -0.3 is 10.1 Å². The van der Waals surface area contributed by atoms with Gasteiger partial charge in [-0.1, -0.05) is 24.3 Å². The average molecular weight is 287 g/mol. The fraction of sp³-hybridized carbons (Fsp3) is 0.333. The lowest BCUT2D eigenvalue weighted by Gasteiger charge is -2.20. The summed E-state index contributed by atoms with van der Waals surface area (Å²) in [4.78, 5) is 0. The van der Waals surface area contributed by atoms with E-state index >= 15 is 0 Å². The van der Waals surface area contributed by atoms with Crippen LogP contribution in [0.4, 0.5) is 4.39 Å². The van der Waals surface area contributed by atoms with Gasteiger partial charge >= 0.3 is 0 Å². The van der Waals surface area contributed by atoms with E-state index in [1.807, 2.05) is 33.0 Å². The Kier molecular flexibility index (Phi) is 4.63. The number of rotatable bonds is 4. The van der Waals surface area contributed by atoms with Gasteiger partial charge in [-0.3, -0.25) is 0 Å². The molecular weight excluding hydrogens is 265 g/mol. The van der Waals surface area contributed by atoms with E-state index in [9.17, 15) is 4.39 Å². The summed E-state index contributed by atoms with van der Waals surface area (Å²) in [6, 6.07) is 9.52. The first-order chi connectivity index (χ1) is 9.97. The maximum Gasteiger partial charge on any atom is 0.126 e. The Morgan fingerprint density at radius 1 is 0.952 bits per heavy atom. The number of hydrogen-bond acceptors (Lipinski definition) is 2. The van der Waals surface area contributed by atoms with E-state index in [0.29, 0.717) is 5.56 Å². The van der Waals surface area contributed by atoms with Gasteiger partial charge in [0.2, 0.25) is 0 Å². The Morgan fingerprint density at radius 2 is 1.52 bits per heavy atom. The van der Waals surface area contributed by atoms with Crippen LogP contribution in [0.1, 0.15) is 33.9 Å². The molecule has 3 heteroatoms. The number of ether oxygens (including phenoxy) is 1. The largest absolute Gasteiger partial charge is 0.496 e. The second kappa shape index (κ2) is 6.27. The predicted molar refractivity (Wildman–Crippen MR) is 84.5 cm³/mol. The van der Waals surface area contributed by atoms with E-state index in [2.05, 4.69) is 17.4 Å². The molecule has 1 N–H and O–H groups in total. The first-order valence-electron chi connectivity index (χ1n) is 7.06. The molecule has 2 aromatic rings. The van der Waals surface area contributed by atoms with E-state index in [-0.39, 0.29) is 11.9 Å². The van der Waals surface area contributed by atoms with Crippen molar-refractivity contribution in [1.29, 1.82) is 0 Å². The molecule has 0 spiro atoms. The van der Waals surface area contributed by atoms with Crippen LogP contribution in [0.5, 0.6) is 5.75 Å². The predicted octanol–water partition coefficient (Wildman–Crippen LogP) is 4.07. The van der Waals surface area contributed by atoms with Crippen LogP contribution in [0.3, 0.4) is 0 Å². The highest BCUT2D eigenvalue weighted by Gasteiger charge is 2.16. The molecule has 0 aromatic heterocycles. The second-order valence-corrected chi connectivity index (χ2v) is 5.42. The standard InChI is InChI=1S/C18H22FNO/c1-11-8-14(6-7-16(11)19)17(20-4)15-9-12(2)18(21-5)13(3)10-15/h6-10,17,20H,1-5H3. The van der Waals surface area contributed by atoms with Crippen LogP contribution < -0.4 is 10.1 Å². The van der Waals surface area contributed by atoms with Crippen LogP contribution in [0.25, 0.3) is 0 Å². The summed E-state index contributed by atoms with van der Waals surface area (Å²) in [7, 11) is 3.60. The number of nitrogens with one attached hydrogen (secondary N) is 1. The van der Waals surface area contributed by atoms with Gasteiger partial charge in [0.05, 0.1) is 13.2 Å². The van der Waals surface area contributed by atoms with Crippen molar-refractivity contribution in [2.24, 2.45) is 0 Å². The second-order valence-electron chi connectivity index (χ2n) is 5.42. The Hall–Kier alpha value is -1.87. The Balaban J connectivity index is 2.48. The molecule has 0 saturated carbocycles. The highest BCUT2D eigenvalue weighted by atomic mass is 19.1. The molecular formula is C18H22FNO. The SMILES string of the molecule is CNC(c1ccc(F)c(C)c1)c1cc(C)c(OC)c(C)c1. The highest BCUT2D eigenvalue weighted by molar-refractivity contribution is 5.46. The molecule has 2 aromatic carbocycles. The number of aryl methyl sites for hydroxylation is 3. The van der Waals surface area contributed by atoms with Crippen molar-refractivity contribution in [1.82, 2.24) is 5.32 Å². The number of hydrogen-bond donors (Lipinski definition) is 1. The molecule has 112 valence electrons. The van der Waals surface area contributed by atoms with Crippen LogP contribution in [0, 0.1) is 26.6 Å². The Morgan fingerprint density at radius 3 is 2.00 bits per heavy atom. The molecule has 1 atom stereocenters. The van der Waals surface area contributed by atoms with E-state index in [1.165, 1.54) is 6.07 Å². The maximum atomic E-state index is 13.5. The molecule has 0 aliphatic heterocycles. The summed E-state index contributed by atoms with van der Waals surface area (Å²) in [6.07, 6.45) is 0. The van der Waals surface area contributed by atoms with Crippen molar-refractivity contribution in [2.45, 2.75) is 26.8 Å². The lowest BCUT2D eigenvalue weighted by atomic mass is 9.94. The van der Waals surface area contributed by atoms with Gasteiger partial charge in [-0.15, -0.1) is 0 Å². The smallest absolute Gasteiger partial charge is 0.126 e. The molecule has 0 aliphatic rings. The summed E-state index contributed by atoms with van der Waals surface area (Å²) in [5, 5.41) is 3.31. The Bertz CT molecular complexity index is 629. The van der Waals surface area contributed by atoms with Crippen molar-refractivity contribution >= 4 is 0 Å². The molecule has 0 bridgehead atoms. The van der Waals surface area contributed by atoms with E-state index in [1.54, 1.807) is 14.0 Å². The molecule has 21 heavy (non-hydrogen) atoms. The van der Waals surface area contributed by atoms with Crippen LogP contribution >= 0.6 is 0 Å². The van der Waals surface area contributed by atoms with Gasteiger partial charge in [-0.05, 0) is 61.7 Å². The van der Waals surface area contributed by atoms with Crippen molar-refractivity contribution in [2.75, 3.05) is 14.2 Å². The van der Waals surface area contributed by atoms with Crippen LogP contribution in [-0.2, 0) is 0 Å². The zero-order valence-electron chi connectivity index (χ0n) is 13.3. The highest BCUT2D eigenvalue weighted by Crippen LogP contribution is 2.30. The minimum Gasteiger partial charge on any atom is -0.496 e. The van der Waals surface area contributed by atoms with Crippen LogP contribution in [0.15, 0.2) is 30.3 Å². The van der Waals surface area contributed by atoms with Crippen LogP contribution in [0.2, 0.25) is 0 Å². The zero-order chi connectivity index (χ0) is 15.6. The van der Waals surface area contributed by atoms with Gasteiger partial charge in [0.1, 0.15) is 11.6 Å². The molecule has 0 saturated heterocycles. The molecule has 0 fully saturated rings. The van der Waals surface area contributed by atoms with Gasteiger partial charge in [0, 0.05) is 0 Å². The van der Waals surface area contributed by atoms with E-state index < -0.39 is 0 Å². The van der Waals surface area contributed by atoms with Crippen LogP contribution in [-0.4, -0.2) is 14.2 Å². The number of benzene rings is 2. The minimum atomic E-state index is -0.171. The third-order valence-electron chi connectivity index (χ3n) is 3.82. The fourth-order valence-corrected chi connectivity index (χ4v) is 2.85. The van der Waals surface area contributed by atoms with E-state index in [0.717, 1.165) is 28.0 Å². The maximum absolute atomic E-state index is 13.5. The van der Waals surface area contributed by atoms with Gasteiger partial charge in [0.15, 0.2) is 0 Å². The van der Waals surface area contributed by atoms with Crippen molar-refractivity contribution in [3.8, 4) is 5.75 Å². The first-order valence-corrected chi connectivity index (χ1v) is 7.06. The quantitative estimate of drug-likeness (QED) is 0.915. The average Bonchev–Trinajstić information content (AvgIpc) is 2.43. The van der Waals surface area contributed by atoms with Crippen molar-refractivity contribution in [3.05, 3.63) is 64.0 Å². The monoisotopic (exact) mass is 287 g/mol. The molecule has 0 radical (unpaired) electrons. The summed E-state index contributed by atoms with van der Waals surface area (Å²) < 4.78 is 18.9. The lowest BCUT2D eigenvalue weighted by Crippen LogP contribution is -2.18. The minimum absolute atomic E-state index is 0.0348. The molecule has 2 nitrogen and oxygen atoms in total. The molecule has 1 unspecified atom stereocenters. The third-order valence-corrected chi connectivity index (χ3v) is 3.82. The number of halogens is 1. The summed E-state index contributed by atoms with van der Waals surface area (Å²) in [5.74, 6) is 0.750. The zero-order valence-corrected chi connectivity index (χ0v) is 13.3. The topological polar surface area (TPSA) is 21.3 Å². The molecule has 2 rings (SSSR count). The van der Waals surface area contributed by atoms with Gasteiger partial charge in [-0.2, -0.15) is 0 Å². The van der Waals surface area contributed by atoms with Crippen molar-refractivity contribution in [3.63, 3.8) is 0 Å². The fourth-order valence-electron chi connectivity index (χ4n) is 2.85. The summed E-state index contributed by atoms with van der Waals surface area (Å²) in [6.45, 7) is 5.87. The molecule has 0 heterocycles. The van der Waals surface area contributed by atoms with E-state index in [4.69, 9.17) is 4.74 Å². The Labute approximate surface area is 126 Å². The summed E-state index contributed by atoms with van der Waals surface area (Å²) in [5.41, 5.74) is 5.08. The molecule has 0 amide bonds. The van der Waals surface area contributed by atoms with Gasteiger partial charge in [-0.25, -0.2) is 4.39 Å².